The Labute approximate surface area is 190 Å². The molecule has 0 aliphatic heterocycles. The number of pyridine rings is 1. The first-order valence-corrected chi connectivity index (χ1v) is 10.1. The third-order valence-corrected chi connectivity index (χ3v) is 4.88. The molecule has 3 N–H and O–H groups in total. The Balaban J connectivity index is 1.70. The smallest absolute Gasteiger partial charge is 0.189 e. The van der Waals surface area contributed by atoms with Crippen LogP contribution in [0.2, 0.25) is 0 Å². The van der Waals surface area contributed by atoms with Gasteiger partial charge in [-0.05, 0) is 38.1 Å². The Hall–Kier alpha value is -4.36. The number of hydrogen-bond acceptors (Lipinski definition) is 9. The van der Waals surface area contributed by atoms with Crippen molar-refractivity contribution in [2.75, 3.05) is 12.8 Å². The standard InChI is InChI=1S/C23H22N8O2/c1-23(2,32)18-9-5-8-16(26-18)12-31-13-17(29-30-31)19-20(33-3)21(25)28-22(27-19)15-7-4-6-14(10-15)11-24/h4-10,13,32H,12H2,1-3H3,(H2,25,27,28). The highest BCUT2D eigenvalue weighted by Crippen LogP contribution is 2.33. The maximum absolute atomic E-state index is 10.2. The molecule has 10 heteroatoms. The molecule has 33 heavy (non-hydrogen) atoms. The van der Waals surface area contributed by atoms with Crippen LogP contribution in [-0.4, -0.2) is 42.2 Å². The van der Waals surface area contributed by atoms with E-state index < -0.39 is 5.60 Å². The summed E-state index contributed by atoms with van der Waals surface area (Å²) in [5, 5.41) is 27.8. The third-order valence-electron chi connectivity index (χ3n) is 4.88. The van der Waals surface area contributed by atoms with Crippen molar-refractivity contribution < 1.29 is 9.84 Å². The Morgan fingerprint density at radius 2 is 1.94 bits per heavy atom. The summed E-state index contributed by atoms with van der Waals surface area (Å²) in [5.74, 6) is 0.771. The van der Waals surface area contributed by atoms with Gasteiger partial charge in [0.1, 0.15) is 17.0 Å². The predicted octanol–water partition coefficient (Wildman–Crippen LogP) is 2.54. The summed E-state index contributed by atoms with van der Waals surface area (Å²) in [5.41, 5.74) is 8.32. The van der Waals surface area contributed by atoms with E-state index in [0.717, 1.165) is 0 Å². The average molecular weight is 442 g/mol. The quantitative estimate of drug-likeness (QED) is 0.459. The number of nitrogen functional groups attached to an aromatic ring is 1. The fourth-order valence-corrected chi connectivity index (χ4v) is 3.26. The van der Waals surface area contributed by atoms with Gasteiger partial charge in [0, 0.05) is 5.56 Å². The zero-order valence-electron chi connectivity index (χ0n) is 18.4. The van der Waals surface area contributed by atoms with Crippen LogP contribution >= 0.6 is 0 Å². The van der Waals surface area contributed by atoms with E-state index in [-0.39, 0.29) is 11.6 Å². The van der Waals surface area contributed by atoms with E-state index >= 15 is 0 Å². The largest absolute Gasteiger partial charge is 0.491 e. The molecule has 166 valence electrons. The average Bonchev–Trinajstić information content (AvgIpc) is 3.26. The van der Waals surface area contributed by atoms with Gasteiger partial charge < -0.3 is 15.6 Å². The zero-order valence-corrected chi connectivity index (χ0v) is 18.4. The Morgan fingerprint density at radius 3 is 2.67 bits per heavy atom. The van der Waals surface area contributed by atoms with Gasteiger partial charge in [0.25, 0.3) is 0 Å². The number of rotatable bonds is 6. The van der Waals surface area contributed by atoms with Gasteiger partial charge in [-0.2, -0.15) is 5.26 Å². The SMILES string of the molecule is COc1c(N)nc(-c2cccc(C#N)c2)nc1-c1cn(Cc2cccc(C(C)(C)O)n2)nn1. The second-order valence-electron chi connectivity index (χ2n) is 7.88. The molecule has 3 aromatic heterocycles. The molecule has 4 rings (SSSR count). The number of ether oxygens (including phenoxy) is 1. The minimum Gasteiger partial charge on any atom is -0.491 e. The van der Waals surface area contributed by atoms with Gasteiger partial charge in [0.05, 0.1) is 42.9 Å². The summed E-state index contributed by atoms with van der Waals surface area (Å²) in [6.07, 6.45) is 1.71. The molecule has 0 unspecified atom stereocenters. The lowest BCUT2D eigenvalue weighted by Gasteiger charge is -2.17. The molecular formula is C23H22N8O2. The molecule has 0 fully saturated rings. The van der Waals surface area contributed by atoms with Crippen molar-refractivity contribution in [3.8, 4) is 34.6 Å². The highest BCUT2D eigenvalue weighted by Gasteiger charge is 2.20. The lowest BCUT2D eigenvalue weighted by Crippen LogP contribution is -2.18. The first kappa shape index (κ1) is 21.9. The van der Waals surface area contributed by atoms with Crippen molar-refractivity contribution in [1.82, 2.24) is 29.9 Å². The van der Waals surface area contributed by atoms with Crippen molar-refractivity contribution in [2.24, 2.45) is 0 Å². The number of nitrogens with zero attached hydrogens (tertiary/aromatic N) is 7. The first-order chi connectivity index (χ1) is 15.8. The van der Waals surface area contributed by atoms with Crippen molar-refractivity contribution in [3.63, 3.8) is 0 Å². The van der Waals surface area contributed by atoms with Gasteiger partial charge in [-0.1, -0.05) is 23.4 Å². The fourth-order valence-electron chi connectivity index (χ4n) is 3.26. The molecule has 1 aromatic carbocycles. The van der Waals surface area contributed by atoms with Gasteiger partial charge in [-0.3, -0.25) is 4.98 Å². The lowest BCUT2D eigenvalue weighted by atomic mass is 10.0. The Morgan fingerprint density at radius 1 is 1.15 bits per heavy atom. The minimum absolute atomic E-state index is 0.147. The molecule has 0 atom stereocenters. The molecule has 0 saturated heterocycles. The van der Waals surface area contributed by atoms with Crippen LogP contribution in [0.4, 0.5) is 5.82 Å². The van der Waals surface area contributed by atoms with Crippen molar-refractivity contribution in [1.29, 1.82) is 5.26 Å². The van der Waals surface area contributed by atoms with E-state index in [2.05, 4.69) is 31.3 Å². The molecule has 0 saturated carbocycles. The van der Waals surface area contributed by atoms with Gasteiger partial charge >= 0.3 is 0 Å². The summed E-state index contributed by atoms with van der Waals surface area (Å²) in [4.78, 5) is 13.4. The van der Waals surface area contributed by atoms with Crippen LogP contribution < -0.4 is 10.5 Å². The molecule has 0 radical (unpaired) electrons. The fraction of sp³-hybridized carbons (Fsp3) is 0.217. The number of hydrogen-bond donors (Lipinski definition) is 2. The summed E-state index contributed by atoms with van der Waals surface area (Å²) < 4.78 is 7.04. The molecule has 10 nitrogen and oxygen atoms in total. The summed E-state index contributed by atoms with van der Waals surface area (Å²) >= 11 is 0. The van der Waals surface area contributed by atoms with E-state index in [0.29, 0.717) is 46.3 Å². The van der Waals surface area contributed by atoms with Crippen LogP contribution in [0.3, 0.4) is 0 Å². The summed E-state index contributed by atoms with van der Waals surface area (Å²) in [6.45, 7) is 3.71. The van der Waals surface area contributed by atoms with Gasteiger partial charge in [-0.25, -0.2) is 14.6 Å². The molecule has 0 aliphatic carbocycles. The van der Waals surface area contributed by atoms with Crippen molar-refractivity contribution in [3.05, 3.63) is 65.6 Å². The number of aliphatic hydroxyl groups is 1. The Bertz CT molecular complexity index is 1350. The molecule has 0 amide bonds. The normalized spacial score (nSPS) is 11.2. The van der Waals surface area contributed by atoms with Crippen LogP contribution in [0.25, 0.3) is 22.8 Å². The van der Waals surface area contributed by atoms with Crippen LogP contribution in [0, 0.1) is 11.3 Å². The number of nitriles is 1. The molecule has 4 aromatic rings. The van der Waals surface area contributed by atoms with E-state index in [4.69, 9.17) is 10.5 Å². The minimum atomic E-state index is -1.05. The molecule has 0 bridgehead atoms. The molecule has 0 spiro atoms. The van der Waals surface area contributed by atoms with Crippen molar-refractivity contribution in [2.45, 2.75) is 26.0 Å². The maximum Gasteiger partial charge on any atom is 0.189 e. The first-order valence-electron chi connectivity index (χ1n) is 10.1. The lowest BCUT2D eigenvalue weighted by molar-refractivity contribution is 0.0736. The zero-order chi connectivity index (χ0) is 23.6. The Kier molecular flexibility index (Phi) is 5.72. The van der Waals surface area contributed by atoms with Gasteiger partial charge in [0.15, 0.2) is 17.4 Å². The van der Waals surface area contributed by atoms with E-state index in [9.17, 15) is 10.4 Å². The highest BCUT2D eigenvalue weighted by atomic mass is 16.5. The number of nitrogens with two attached hydrogens (primary N) is 1. The molecular weight excluding hydrogens is 420 g/mol. The monoisotopic (exact) mass is 442 g/mol. The van der Waals surface area contributed by atoms with Gasteiger partial charge in [-0.15, -0.1) is 5.10 Å². The van der Waals surface area contributed by atoms with Gasteiger partial charge in [0.2, 0.25) is 0 Å². The van der Waals surface area contributed by atoms with Crippen LogP contribution in [0.5, 0.6) is 5.75 Å². The topological polar surface area (TPSA) is 149 Å². The molecule has 3 heterocycles. The maximum atomic E-state index is 10.2. The van der Waals surface area contributed by atoms with Crippen molar-refractivity contribution >= 4 is 5.82 Å². The van der Waals surface area contributed by atoms with Crippen LogP contribution in [0.1, 0.15) is 30.8 Å². The van der Waals surface area contributed by atoms with E-state index in [1.165, 1.54) is 7.11 Å². The molecule has 0 aliphatic rings. The third kappa shape index (κ3) is 4.63. The van der Waals surface area contributed by atoms with E-state index in [1.807, 2.05) is 12.1 Å². The predicted molar refractivity (Wildman–Crippen MR) is 121 cm³/mol. The van der Waals surface area contributed by atoms with Crippen LogP contribution in [-0.2, 0) is 12.1 Å². The summed E-state index contributed by atoms with van der Waals surface area (Å²) in [7, 11) is 1.48. The number of anilines is 1. The number of aromatic nitrogens is 6. The second-order valence-corrected chi connectivity index (χ2v) is 7.88. The summed E-state index contributed by atoms with van der Waals surface area (Å²) in [6, 6.07) is 14.5. The second kappa shape index (κ2) is 8.64. The highest BCUT2D eigenvalue weighted by molar-refractivity contribution is 5.73. The van der Waals surface area contributed by atoms with Crippen LogP contribution in [0.15, 0.2) is 48.7 Å². The number of methoxy groups -OCH3 is 1. The number of benzene rings is 1. The van der Waals surface area contributed by atoms with E-state index in [1.54, 1.807) is 55.1 Å².